The fourth-order valence-electron chi connectivity index (χ4n) is 2.75. The summed E-state index contributed by atoms with van der Waals surface area (Å²) in [6.07, 6.45) is 4.94. The Morgan fingerprint density at radius 2 is 2.05 bits per heavy atom. The molecule has 0 aromatic carbocycles. The highest BCUT2D eigenvalue weighted by molar-refractivity contribution is 5.67. The van der Waals surface area contributed by atoms with Crippen molar-refractivity contribution < 1.29 is 9.47 Å². The van der Waals surface area contributed by atoms with Gasteiger partial charge in [-0.3, -0.25) is 0 Å². The maximum absolute atomic E-state index is 6.14. The van der Waals surface area contributed by atoms with E-state index >= 15 is 0 Å². The van der Waals surface area contributed by atoms with E-state index in [2.05, 4.69) is 22.2 Å². The second kappa shape index (κ2) is 7.45. The van der Waals surface area contributed by atoms with Gasteiger partial charge in [0.1, 0.15) is 12.3 Å². The number of ether oxygens (including phenoxy) is 2. The van der Waals surface area contributed by atoms with Crippen molar-refractivity contribution in [1.82, 2.24) is 9.97 Å². The average Bonchev–Trinajstić information content (AvgIpc) is 2.46. The van der Waals surface area contributed by atoms with Gasteiger partial charge in [0.25, 0.3) is 0 Å². The lowest BCUT2D eigenvalue weighted by Gasteiger charge is -2.30. The summed E-state index contributed by atoms with van der Waals surface area (Å²) in [5.41, 5.74) is 6.62. The second-order valence-corrected chi connectivity index (χ2v) is 5.59. The molecule has 0 aliphatic heterocycles. The van der Waals surface area contributed by atoms with Crippen molar-refractivity contribution in [3.05, 3.63) is 5.82 Å². The summed E-state index contributed by atoms with van der Waals surface area (Å²) in [7, 11) is 1.62. The van der Waals surface area contributed by atoms with Gasteiger partial charge in [0.05, 0.1) is 6.61 Å². The van der Waals surface area contributed by atoms with Gasteiger partial charge in [-0.2, -0.15) is 4.98 Å². The van der Waals surface area contributed by atoms with Crippen LogP contribution in [0.15, 0.2) is 0 Å². The largest absolute Gasteiger partial charge is 0.476 e. The highest BCUT2D eigenvalue weighted by Gasteiger charge is 2.23. The minimum absolute atomic E-state index is 0.343. The van der Waals surface area contributed by atoms with Crippen molar-refractivity contribution in [3.8, 4) is 5.88 Å². The summed E-state index contributed by atoms with van der Waals surface area (Å²) in [5.74, 6) is 2.31. The number of methoxy groups -OCH3 is 1. The highest BCUT2D eigenvalue weighted by atomic mass is 16.5. The molecule has 1 aliphatic rings. The van der Waals surface area contributed by atoms with Crippen molar-refractivity contribution in [2.45, 2.75) is 52.2 Å². The third-order valence-electron chi connectivity index (χ3n) is 3.95. The van der Waals surface area contributed by atoms with Crippen LogP contribution in [0.3, 0.4) is 0 Å². The first-order valence-electron chi connectivity index (χ1n) is 7.70. The Bertz CT molecular complexity index is 467. The molecule has 6 nitrogen and oxygen atoms in total. The first kappa shape index (κ1) is 15.8. The van der Waals surface area contributed by atoms with Gasteiger partial charge >= 0.3 is 0 Å². The third-order valence-corrected chi connectivity index (χ3v) is 3.95. The van der Waals surface area contributed by atoms with Crippen LogP contribution in [-0.2, 0) is 11.3 Å². The first-order valence-corrected chi connectivity index (χ1v) is 7.70. The van der Waals surface area contributed by atoms with Crippen LogP contribution in [-0.4, -0.2) is 29.7 Å². The van der Waals surface area contributed by atoms with E-state index in [4.69, 9.17) is 15.2 Å². The topological polar surface area (TPSA) is 82.3 Å². The molecule has 21 heavy (non-hydrogen) atoms. The average molecular weight is 294 g/mol. The van der Waals surface area contributed by atoms with Gasteiger partial charge in [-0.25, -0.2) is 4.98 Å². The number of aromatic nitrogens is 2. The molecular formula is C15H26N4O2. The maximum atomic E-state index is 6.14. The van der Waals surface area contributed by atoms with E-state index in [1.807, 2.05) is 6.92 Å². The predicted octanol–water partition coefficient (Wildman–Crippen LogP) is 2.59. The van der Waals surface area contributed by atoms with Crippen LogP contribution in [0.4, 0.5) is 11.5 Å². The molecule has 1 aromatic heterocycles. The van der Waals surface area contributed by atoms with Crippen molar-refractivity contribution in [1.29, 1.82) is 0 Å². The van der Waals surface area contributed by atoms with Crippen LogP contribution >= 0.6 is 0 Å². The van der Waals surface area contributed by atoms with Gasteiger partial charge in [-0.15, -0.1) is 0 Å². The van der Waals surface area contributed by atoms with Crippen molar-refractivity contribution in [3.63, 3.8) is 0 Å². The Morgan fingerprint density at radius 3 is 2.71 bits per heavy atom. The monoisotopic (exact) mass is 294 g/mol. The number of nitrogens with two attached hydrogens (primary N) is 1. The van der Waals surface area contributed by atoms with Crippen LogP contribution in [0.25, 0.3) is 0 Å². The van der Waals surface area contributed by atoms with E-state index in [9.17, 15) is 0 Å². The SMILES string of the molecule is CCOc1nc(COC)nc(NC2CCCCC2C)c1N. The molecule has 1 saturated carbocycles. The van der Waals surface area contributed by atoms with Crippen LogP contribution in [0.2, 0.25) is 0 Å². The van der Waals surface area contributed by atoms with Gasteiger partial charge in [0.15, 0.2) is 11.6 Å². The molecule has 2 unspecified atom stereocenters. The molecule has 2 atom stereocenters. The van der Waals surface area contributed by atoms with E-state index in [-0.39, 0.29) is 0 Å². The van der Waals surface area contributed by atoms with E-state index in [1.54, 1.807) is 7.11 Å². The van der Waals surface area contributed by atoms with Gasteiger partial charge in [0, 0.05) is 13.2 Å². The fraction of sp³-hybridized carbons (Fsp3) is 0.733. The van der Waals surface area contributed by atoms with Crippen LogP contribution in [0.5, 0.6) is 5.88 Å². The zero-order chi connectivity index (χ0) is 15.2. The fourth-order valence-corrected chi connectivity index (χ4v) is 2.75. The highest BCUT2D eigenvalue weighted by Crippen LogP contribution is 2.31. The molecule has 1 aliphatic carbocycles. The number of anilines is 2. The molecule has 1 heterocycles. The molecule has 0 bridgehead atoms. The normalized spacial score (nSPS) is 22.0. The summed E-state index contributed by atoms with van der Waals surface area (Å²) >= 11 is 0. The van der Waals surface area contributed by atoms with Crippen molar-refractivity contribution in [2.24, 2.45) is 5.92 Å². The Labute approximate surface area is 126 Å². The number of nitrogens with one attached hydrogen (secondary N) is 1. The van der Waals surface area contributed by atoms with Gasteiger partial charge in [-0.05, 0) is 25.7 Å². The number of hydrogen-bond acceptors (Lipinski definition) is 6. The molecule has 1 aromatic rings. The Balaban J connectivity index is 2.23. The smallest absolute Gasteiger partial charge is 0.242 e. The Kier molecular flexibility index (Phi) is 5.61. The quantitative estimate of drug-likeness (QED) is 0.839. The second-order valence-electron chi connectivity index (χ2n) is 5.59. The van der Waals surface area contributed by atoms with Crippen molar-refractivity contribution in [2.75, 3.05) is 24.8 Å². The summed E-state index contributed by atoms with van der Waals surface area (Å²) in [5, 5.41) is 3.48. The first-order chi connectivity index (χ1) is 10.2. The molecule has 6 heteroatoms. The van der Waals surface area contributed by atoms with E-state index in [1.165, 1.54) is 19.3 Å². The van der Waals surface area contributed by atoms with Gasteiger partial charge in [-0.1, -0.05) is 19.8 Å². The van der Waals surface area contributed by atoms with Crippen LogP contribution in [0.1, 0.15) is 45.4 Å². The standard InChI is InChI=1S/C15H26N4O2/c1-4-21-15-13(16)14(18-12(19-15)9-20-3)17-11-8-6-5-7-10(11)2/h10-11H,4-9,16H2,1-3H3,(H,17,18,19). The summed E-state index contributed by atoms with van der Waals surface area (Å²) < 4.78 is 10.6. The number of hydrogen-bond donors (Lipinski definition) is 2. The van der Waals surface area contributed by atoms with Gasteiger partial charge < -0.3 is 20.5 Å². The number of rotatable bonds is 6. The van der Waals surface area contributed by atoms with E-state index in [0.29, 0.717) is 48.4 Å². The molecule has 2 rings (SSSR count). The van der Waals surface area contributed by atoms with E-state index < -0.39 is 0 Å². The lowest BCUT2D eigenvalue weighted by Crippen LogP contribution is -2.31. The zero-order valence-corrected chi connectivity index (χ0v) is 13.2. The van der Waals surface area contributed by atoms with Crippen molar-refractivity contribution >= 4 is 11.5 Å². The molecule has 118 valence electrons. The maximum Gasteiger partial charge on any atom is 0.242 e. The minimum Gasteiger partial charge on any atom is -0.476 e. The Morgan fingerprint density at radius 1 is 1.29 bits per heavy atom. The van der Waals surface area contributed by atoms with Crippen LogP contribution < -0.4 is 15.8 Å². The molecule has 0 saturated heterocycles. The molecule has 3 N–H and O–H groups in total. The lowest BCUT2D eigenvalue weighted by molar-refractivity contribution is 0.176. The Hall–Kier alpha value is -1.56. The number of nitrogen functional groups attached to an aromatic ring is 1. The van der Waals surface area contributed by atoms with Gasteiger partial charge in [0.2, 0.25) is 5.88 Å². The molecule has 0 radical (unpaired) electrons. The minimum atomic E-state index is 0.343. The molecule has 0 spiro atoms. The number of nitrogens with zero attached hydrogens (tertiary/aromatic N) is 2. The van der Waals surface area contributed by atoms with Crippen LogP contribution in [0, 0.1) is 5.92 Å². The molecule has 1 fully saturated rings. The summed E-state index contributed by atoms with van der Waals surface area (Å²) in [6, 6.07) is 0.404. The van der Waals surface area contributed by atoms with E-state index in [0.717, 1.165) is 6.42 Å². The molecular weight excluding hydrogens is 268 g/mol. The lowest BCUT2D eigenvalue weighted by atomic mass is 9.86. The summed E-state index contributed by atoms with van der Waals surface area (Å²) in [6.45, 7) is 5.05. The summed E-state index contributed by atoms with van der Waals surface area (Å²) in [4.78, 5) is 8.78. The predicted molar refractivity (Wildman–Crippen MR) is 83.4 cm³/mol. The zero-order valence-electron chi connectivity index (χ0n) is 13.2. The third kappa shape index (κ3) is 3.97. The molecule has 0 amide bonds.